The van der Waals surface area contributed by atoms with Crippen LogP contribution in [0.2, 0.25) is 0 Å². The number of hydrogen-bond donors (Lipinski definition) is 3. The highest BCUT2D eigenvalue weighted by Gasteiger charge is 2.20. The molecule has 4 rings (SSSR count). The molecule has 3 aromatic rings. The zero-order valence-electron chi connectivity index (χ0n) is 24.1. The maximum Gasteiger partial charge on any atom is 0.409 e. The number of likely N-dealkylation sites (N-methyl/N-ethyl adjacent to an activating group) is 1. The molecular weight excluding hydrogens is 516 g/mol. The summed E-state index contributed by atoms with van der Waals surface area (Å²) in [4.78, 5) is 22.2. The highest BCUT2D eigenvalue weighted by Crippen LogP contribution is 2.33. The van der Waals surface area contributed by atoms with Crippen molar-refractivity contribution in [1.82, 2.24) is 25.3 Å². The number of aryl methyl sites for hydroxylation is 2. The normalized spacial score (nSPS) is 13.7. The number of nitrogens with one attached hydrogen (secondary N) is 2. The minimum Gasteiger partial charge on any atom is -0.491 e. The Hall–Kier alpha value is -3.74. The first-order valence-corrected chi connectivity index (χ1v) is 13.3. The largest absolute Gasteiger partial charge is 0.491 e. The summed E-state index contributed by atoms with van der Waals surface area (Å²) in [7, 11) is 3.62. The van der Waals surface area contributed by atoms with E-state index in [0.29, 0.717) is 56.8 Å². The summed E-state index contributed by atoms with van der Waals surface area (Å²) in [6.45, 7) is 11.2. The molecule has 1 aromatic carbocycles. The van der Waals surface area contributed by atoms with E-state index in [1.54, 1.807) is 18.9 Å². The summed E-state index contributed by atoms with van der Waals surface area (Å²) in [5.41, 5.74) is 4.19. The van der Waals surface area contributed by atoms with Crippen molar-refractivity contribution in [2.45, 2.75) is 33.8 Å². The van der Waals surface area contributed by atoms with Gasteiger partial charge in [0.25, 0.3) is 0 Å². The van der Waals surface area contributed by atoms with Crippen molar-refractivity contribution in [3.05, 3.63) is 41.3 Å². The second-order valence-electron chi connectivity index (χ2n) is 9.17. The number of aliphatic hydroxyl groups excluding tert-OH is 1. The third kappa shape index (κ3) is 8.13. The van der Waals surface area contributed by atoms with Crippen molar-refractivity contribution in [1.29, 1.82) is 0 Å². The number of aromatic nitrogens is 3. The summed E-state index contributed by atoms with van der Waals surface area (Å²) < 4.78 is 20.9. The van der Waals surface area contributed by atoms with Gasteiger partial charge in [0.2, 0.25) is 0 Å². The molecule has 1 aliphatic heterocycles. The van der Waals surface area contributed by atoms with Gasteiger partial charge in [-0.2, -0.15) is 0 Å². The van der Waals surface area contributed by atoms with Gasteiger partial charge in [0.15, 0.2) is 5.82 Å². The van der Waals surface area contributed by atoms with E-state index in [1.165, 1.54) is 0 Å². The number of carbonyl (C=O) groups excluding carboxylic acids is 1. The fourth-order valence-electron chi connectivity index (χ4n) is 4.13. The molecule has 0 saturated carbocycles. The third-order valence-corrected chi connectivity index (χ3v) is 6.16. The molecule has 2 aromatic heterocycles. The number of ether oxygens (including phenoxy) is 3. The van der Waals surface area contributed by atoms with Crippen LogP contribution in [0.1, 0.15) is 23.9 Å². The maximum absolute atomic E-state index is 11.0. The number of benzene rings is 1. The maximum atomic E-state index is 11.0. The van der Waals surface area contributed by atoms with E-state index in [-0.39, 0.29) is 12.7 Å². The van der Waals surface area contributed by atoms with Crippen LogP contribution < -0.4 is 15.4 Å². The van der Waals surface area contributed by atoms with Gasteiger partial charge in [0.05, 0.1) is 36.8 Å². The number of aliphatic hydroxyl groups is 1. The summed E-state index contributed by atoms with van der Waals surface area (Å²) in [6, 6.07) is 7.52. The van der Waals surface area contributed by atoms with Crippen molar-refractivity contribution in [3.63, 3.8) is 0 Å². The van der Waals surface area contributed by atoms with E-state index in [0.717, 1.165) is 33.9 Å². The zero-order chi connectivity index (χ0) is 29.1. The second-order valence-corrected chi connectivity index (χ2v) is 9.17. The van der Waals surface area contributed by atoms with Crippen LogP contribution >= 0.6 is 0 Å². The van der Waals surface area contributed by atoms with Gasteiger partial charge in [-0.05, 0) is 46.9 Å². The van der Waals surface area contributed by atoms with Gasteiger partial charge in [0, 0.05) is 37.8 Å². The quantitative estimate of drug-likeness (QED) is 0.357. The predicted octanol–water partition coefficient (Wildman–Crippen LogP) is 3.20. The highest BCUT2D eigenvalue weighted by atomic mass is 16.6. The van der Waals surface area contributed by atoms with Crippen molar-refractivity contribution in [2.75, 3.05) is 65.5 Å². The van der Waals surface area contributed by atoms with Gasteiger partial charge >= 0.3 is 6.09 Å². The minimum atomic E-state index is -0.582. The number of amides is 1. The van der Waals surface area contributed by atoms with E-state index in [2.05, 4.69) is 20.8 Å². The molecule has 0 aliphatic carbocycles. The summed E-state index contributed by atoms with van der Waals surface area (Å²) in [5.74, 6) is 2.66. The minimum absolute atomic E-state index is 0.200. The van der Waals surface area contributed by atoms with Gasteiger partial charge in [-0.25, -0.2) is 14.8 Å². The molecule has 0 bridgehead atoms. The van der Waals surface area contributed by atoms with Crippen LogP contribution in [0.15, 0.2) is 28.8 Å². The Kier molecular flexibility index (Phi) is 11.7. The fourth-order valence-corrected chi connectivity index (χ4v) is 4.13. The first-order chi connectivity index (χ1) is 19.3. The molecule has 218 valence electrons. The summed E-state index contributed by atoms with van der Waals surface area (Å²) >= 11 is 0. The second kappa shape index (κ2) is 15.2. The Bertz CT molecular complexity index is 1220. The molecule has 1 saturated heterocycles. The molecule has 1 unspecified atom stereocenters. The average Bonchev–Trinajstić information content (AvgIpc) is 3.30. The van der Waals surface area contributed by atoms with Gasteiger partial charge in [-0.1, -0.05) is 17.3 Å². The molecule has 3 N–H and O–H groups in total. The molecule has 0 radical (unpaired) electrons. The summed E-state index contributed by atoms with van der Waals surface area (Å²) in [6.07, 6.45) is -0.808. The van der Waals surface area contributed by atoms with Crippen molar-refractivity contribution in [3.8, 4) is 28.4 Å². The van der Waals surface area contributed by atoms with Gasteiger partial charge in [-0.15, -0.1) is 0 Å². The molecule has 1 aliphatic rings. The first kappa shape index (κ1) is 30.8. The van der Waals surface area contributed by atoms with E-state index in [4.69, 9.17) is 23.7 Å². The lowest BCUT2D eigenvalue weighted by molar-refractivity contribution is 0.0286. The lowest BCUT2D eigenvalue weighted by atomic mass is 10.0. The lowest BCUT2D eigenvalue weighted by Crippen LogP contribution is -2.40. The Morgan fingerprint density at radius 3 is 2.55 bits per heavy atom. The highest BCUT2D eigenvalue weighted by molar-refractivity contribution is 5.74. The standard InChI is InChI=1S/C21H27N5O3.C7H13NO3/c1-12-19(18-13(2)26-29-14(18)3)24-21(25-20(12)23-5)15-7-6-8-17(9-15)28-11-16(27)10-22-4;1-2-11-7(9)8-3-5-10-6-4-8/h6-9,16,22,27H,10-11H2,1-5H3,(H,23,24,25);2-6H2,1H3. The van der Waals surface area contributed by atoms with E-state index in [1.807, 2.05) is 52.1 Å². The smallest absolute Gasteiger partial charge is 0.409 e. The van der Waals surface area contributed by atoms with E-state index >= 15 is 0 Å². The number of nitrogens with zero attached hydrogens (tertiary/aromatic N) is 4. The SMILES string of the molecule is CCOC(=O)N1CCOCC1.CNCC(O)COc1cccc(-c2nc(NC)c(C)c(-c3c(C)noc3C)n2)c1. The van der Waals surface area contributed by atoms with E-state index in [9.17, 15) is 9.90 Å². The lowest BCUT2D eigenvalue weighted by Gasteiger charge is -2.25. The Balaban J connectivity index is 0.000000336. The number of anilines is 1. The number of hydrogen-bond acceptors (Lipinski definition) is 11. The van der Waals surface area contributed by atoms with Crippen LogP contribution in [0.25, 0.3) is 22.6 Å². The third-order valence-electron chi connectivity index (χ3n) is 6.16. The number of rotatable bonds is 9. The fraction of sp³-hybridized carbons (Fsp3) is 0.500. The topological polar surface area (TPSA) is 144 Å². The van der Waals surface area contributed by atoms with Gasteiger partial charge in [-0.3, -0.25) is 0 Å². The van der Waals surface area contributed by atoms with Crippen molar-refractivity contribution >= 4 is 11.9 Å². The molecule has 0 spiro atoms. The van der Waals surface area contributed by atoms with Gasteiger partial charge in [0.1, 0.15) is 30.0 Å². The van der Waals surface area contributed by atoms with E-state index < -0.39 is 6.10 Å². The Morgan fingerprint density at radius 2 is 1.93 bits per heavy atom. The van der Waals surface area contributed by atoms with Crippen LogP contribution in [0.5, 0.6) is 5.75 Å². The Morgan fingerprint density at radius 1 is 1.18 bits per heavy atom. The number of carbonyl (C=O) groups is 1. The number of morpholine rings is 1. The molecular formula is C28H40N6O6. The molecule has 12 heteroatoms. The molecule has 1 fully saturated rings. The van der Waals surface area contributed by atoms with Crippen molar-refractivity contribution in [2.24, 2.45) is 0 Å². The first-order valence-electron chi connectivity index (χ1n) is 13.3. The van der Waals surface area contributed by atoms with Crippen LogP contribution in [-0.2, 0) is 9.47 Å². The molecule has 40 heavy (non-hydrogen) atoms. The predicted molar refractivity (Wildman–Crippen MR) is 152 cm³/mol. The average molecular weight is 557 g/mol. The van der Waals surface area contributed by atoms with Crippen LogP contribution in [-0.4, -0.2) is 97.5 Å². The molecule has 12 nitrogen and oxygen atoms in total. The molecule has 1 atom stereocenters. The molecule has 3 heterocycles. The van der Waals surface area contributed by atoms with Crippen molar-refractivity contribution < 1.29 is 28.6 Å². The van der Waals surface area contributed by atoms with Crippen LogP contribution in [0, 0.1) is 20.8 Å². The molecule has 1 amide bonds. The zero-order valence-corrected chi connectivity index (χ0v) is 24.1. The van der Waals surface area contributed by atoms with Crippen LogP contribution in [0.4, 0.5) is 10.6 Å². The van der Waals surface area contributed by atoms with Crippen LogP contribution in [0.3, 0.4) is 0 Å². The summed E-state index contributed by atoms with van der Waals surface area (Å²) in [5, 5.41) is 20.0. The Labute approximate surface area is 235 Å². The van der Waals surface area contributed by atoms with Gasteiger partial charge < -0.3 is 39.4 Å². The monoisotopic (exact) mass is 556 g/mol.